The Hall–Kier alpha value is -3.85. The van der Waals surface area contributed by atoms with Gasteiger partial charge in [-0.3, -0.25) is 19.2 Å². The number of anilines is 2. The van der Waals surface area contributed by atoms with Crippen molar-refractivity contribution in [2.45, 2.75) is 76.8 Å². The lowest BCUT2D eigenvalue weighted by atomic mass is 9.93. The van der Waals surface area contributed by atoms with Crippen molar-refractivity contribution in [3.05, 3.63) is 88.8 Å². The second-order valence-corrected chi connectivity index (χ2v) is 14.3. The number of aryl methyl sites for hydroxylation is 2. The topological polar surface area (TPSA) is 96.5 Å². The van der Waals surface area contributed by atoms with Crippen LogP contribution in [0, 0.1) is 25.1 Å². The number of carbonyl (C=O) groups is 4. The molecule has 0 bridgehead atoms. The van der Waals surface area contributed by atoms with E-state index in [4.69, 9.17) is 62.3 Å². The van der Waals surface area contributed by atoms with E-state index in [1.54, 1.807) is 31.1 Å². The van der Waals surface area contributed by atoms with Gasteiger partial charge in [-0.05, 0) is 70.1 Å². The molecule has 2 aromatic rings. The summed E-state index contributed by atoms with van der Waals surface area (Å²) in [5.74, 6) is 0.376. The summed E-state index contributed by atoms with van der Waals surface area (Å²) < 4.78 is 25.0. The molecular formula is C41H48Cl4FN3O6. The zero-order valence-electron chi connectivity index (χ0n) is 31.8. The number of methoxy groups -OCH3 is 1. The number of benzene rings is 2. The van der Waals surface area contributed by atoms with Crippen molar-refractivity contribution in [2.75, 3.05) is 42.5 Å². The quantitative estimate of drug-likeness (QED) is 0.0818. The highest BCUT2D eigenvalue weighted by molar-refractivity contribution is 6.53. The number of hydrogen-bond acceptors (Lipinski definition) is 6. The number of halogens is 5. The molecule has 2 aromatic carbocycles. The molecule has 1 aliphatic heterocycles. The molecule has 4 rings (SSSR count). The predicted molar refractivity (Wildman–Crippen MR) is 221 cm³/mol. The summed E-state index contributed by atoms with van der Waals surface area (Å²) >= 11 is 22.5. The van der Waals surface area contributed by atoms with Crippen LogP contribution in [0.2, 0.25) is 5.02 Å². The van der Waals surface area contributed by atoms with Crippen LogP contribution in [0.5, 0.6) is 5.75 Å². The van der Waals surface area contributed by atoms with Gasteiger partial charge >= 0.3 is 0 Å². The third-order valence-corrected chi connectivity index (χ3v) is 9.44. The number of terminal acetylenes is 1. The summed E-state index contributed by atoms with van der Waals surface area (Å²) in [7, 11) is 1.64. The van der Waals surface area contributed by atoms with E-state index < -0.39 is 28.6 Å². The Morgan fingerprint density at radius 1 is 1.07 bits per heavy atom. The highest BCUT2D eigenvalue weighted by Gasteiger charge is 2.41. The van der Waals surface area contributed by atoms with Gasteiger partial charge in [-0.15, -0.1) is 31.2 Å². The van der Waals surface area contributed by atoms with Crippen LogP contribution in [-0.4, -0.2) is 78.2 Å². The molecule has 0 N–H and O–H groups in total. The van der Waals surface area contributed by atoms with Gasteiger partial charge in [0.15, 0.2) is 10.9 Å². The molecule has 9 nitrogen and oxygen atoms in total. The smallest absolute Gasteiger partial charge is 0.261 e. The van der Waals surface area contributed by atoms with Gasteiger partial charge in [0.25, 0.3) is 17.7 Å². The van der Waals surface area contributed by atoms with Gasteiger partial charge in [0.2, 0.25) is 5.91 Å². The molecule has 0 saturated carbocycles. The van der Waals surface area contributed by atoms with E-state index in [1.165, 1.54) is 11.0 Å². The number of nitrogens with zero attached hydrogens (tertiary/aromatic N) is 3. The lowest BCUT2D eigenvalue weighted by Gasteiger charge is -2.31. The van der Waals surface area contributed by atoms with Crippen molar-refractivity contribution in [3.63, 3.8) is 0 Å². The first-order valence-corrected chi connectivity index (χ1v) is 19.4. The first-order valence-electron chi connectivity index (χ1n) is 17.6. The van der Waals surface area contributed by atoms with Gasteiger partial charge in [-0.2, -0.15) is 0 Å². The lowest BCUT2D eigenvalue weighted by molar-refractivity contribution is -0.128. The molecule has 4 amide bonds. The third-order valence-electron chi connectivity index (χ3n) is 8.54. The fourth-order valence-corrected chi connectivity index (χ4v) is 6.59. The Balaban J connectivity index is 0.000000303. The number of ether oxygens (including phenoxy) is 2. The molecule has 0 spiro atoms. The maximum absolute atomic E-state index is 14.4. The van der Waals surface area contributed by atoms with Gasteiger partial charge in [0.05, 0.1) is 29.0 Å². The van der Waals surface area contributed by atoms with Crippen LogP contribution in [0.4, 0.5) is 15.8 Å². The predicted octanol–water partition coefficient (Wildman–Crippen LogP) is 8.78. The normalized spacial score (nSPS) is 14.4. The number of hydrogen-bond donors (Lipinski definition) is 0. The molecule has 1 aliphatic carbocycles. The van der Waals surface area contributed by atoms with Crippen molar-refractivity contribution in [3.8, 4) is 18.1 Å². The maximum Gasteiger partial charge on any atom is 0.261 e. The van der Waals surface area contributed by atoms with Crippen LogP contribution >= 0.6 is 46.4 Å². The fraction of sp³-hybridized carbons (Fsp3) is 0.415. The largest absolute Gasteiger partial charge is 0.476 e. The van der Waals surface area contributed by atoms with Gasteiger partial charge in [0.1, 0.15) is 17.4 Å². The first kappa shape index (κ1) is 47.3. The van der Waals surface area contributed by atoms with Gasteiger partial charge in [-0.25, -0.2) is 9.29 Å². The number of para-hydroxylation sites is 1. The number of alkyl halides is 3. The molecule has 298 valence electrons. The van der Waals surface area contributed by atoms with Crippen LogP contribution in [-0.2, 0) is 30.3 Å². The summed E-state index contributed by atoms with van der Waals surface area (Å²) in [6.45, 7) is 16.1. The zero-order chi connectivity index (χ0) is 41.4. The van der Waals surface area contributed by atoms with Crippen LogP contribution in [0.1, 0.15) is 57.6 Å². The minimum atomic E-state index is -1.01. The number of imide groups is 1. The monoisotopic (exact) mass is 837 g/mol. The Bertz CT molecular complexity index is 1760. The molecule has 0 saturated heterocycles. The minimum absolute atomic E-state index is 0.0223. The van der Waals surface area contributed by atoms with Crippen molar-refractivity contribution in [1.29, 1.82) is 0 Å². The molecule has 1 heterocycles. The van der Waals surface area contributed by atoms with Crippen LogP contribution in [0.3, 0.4) is 0 Å². The molecule has 0 radical (unpaired) electrons. The molecule has 0 aromatic heterocycles. The van der Waals surface area contributed by atoms with E-state index in [0.717, 1.165) is 47.0 Å². The van der Waals surface area contributed by atoms with E-state index in [2.05, 4.69) is 32.1 Å². The average molecular weight is 840 g/mol. The summed E-state index contributed by atoms with van der Waals surface area (Å²) in [4.78, 5) is 51.6. The maximum atomic E-state index is 14.4. The van der Waals surface area contributed by atoms with Gasteiger partial charge in [0, 0.05) is 37.4 Å². The molecule has 55 heavy (non-hydrogen) atoms. The number of amides is 4. The lowest BCUT2D eigenvalue weighted by Crippen LogP contribution is -2.43. The first-order chi connectivity index (χ1) is 26.1. The summed E-state index contributed by atoms with van der Waals surface area (Å²) in [6.07, 6.45) is 11.6. The Morgan fingerprint density at radius 3 is 2.13 bits per heavy atom. The van der Waals surface area contributed by atoms with Crippen molar-refractivity contribution in [2.24, 2.45) is 0 Å². The minimum Gasteiger partial charge on any atom is -0.476 e. The van der Waals surface area contributed by atoms with E-state index in [0.29, 0.717) is 43.7 Å². The SMILES string of the molecule is C#CC(C)Oc1cc(N2C(=O)C3=C(CCCC3)C2=O)c(F)cc1Cl.C=CCN(CC=C)C(=O)C(Cl)Cl.CCc1cccc(C)c1N(C(=O)CCl)C(C)COC. The summed E-state index contributed by atoms with van der Waals surface area (Å²) in [6, 6.07) is 8.32. The van der Waals surface area contributed by atoms with Crippen molar-refractivity contribution < 1.29 is 33.0 Å². The molecule has 0 fully saturated rings. The van der Waals surface area contributed by atoms with Gasteiger partial charge < -0.3 is 19.3 Å². The molecule has 2 unspecified atom stereocenters. The molecule has 2 aliphatic rings. The second kappa shape index (κ2) is 23.3. The Morgan fingerprint density at radius 2 is 1.65 bits per heavy atom. The van der Waals surface area contributed by atoms with Crippen molar-refractivity contribution in [1.82, 2.24) is 4.90 Å². The van der Waals surface area contributed by atoms with Crippen molar-refractivity contribution >= 4 is 81.4 Å². The molecule has 2 atom stereocenters. The van der Waals surface area contributed by atoms with Crippen LogP contribution < -0.4 is 14.5 Å². The third kappa shape index (κ3) is 12.6. The van der Waals surface area contributed by atoms with E-state index in [9.17, 15) is 23.6 Å². The fourth-order valence-electron chi connectivity index (χ4n) is 5.99. The molecule has 14 heteroatoms. The summed E-state index contributed by atoms with van der Waals surface area (Å²) in [5.41, 5.74) is 4.02. The van der Waals surface area contributed by atoms with E-state index in [-0.39, 0.29) is 40.2 Å². The standard InChI is InChI=1S/C18H15ClFNO3.C15H22ClNO2.C8H11Cl2NO/c1-3-10(2)24-16-9-15(14(20)8-13(16)19)21-17(22)11-6-4-5-7-12(11)18(21)23;1-5-13-8-6-7-11(2)15(13)17(14(18)9-16)12(3)10-19-4;1-3-5-11(6-4-2)8(12)7(9)10/h1,8-10H,4-7H2,2H3;6-8,12H,5,9-10H2,1-4H3;3-4,7H,1-2,5-6H2. The van der Waals surface area contributed by atoms with E-state index >= 15 is 0 Å². The van der Waals surface area contributed by atoms with Gasteiger partial charge in [-0.1, -0.05) is 78.0 Å². The number of carbonyl (C=O) groups excluding carboxylic acids is 4. The Kier molecular flexibility index (Phi) is 20.0. The van der Waals surface area contributed by atoms with Crippen LogP contribution in [0.15, 0.2) is 66.8 Å². The molecular weight excluding hydrogens is 791 g/mol. The zero-order valence-corrected chi connectivity index (χ0v) is 34.8. The highest BCUT2D eigenvalue weighted by atomic mass is 35.5. The second-order valence-electron chi connectivity index (χ2n) is 12.5. The highest BCUT2D eigenvalue weighted by Crippen LogP contribution is 2.39. The average Bonchev–Trinajstić information content (AvgIpc) is 3.41. The van der Waals surface area contributed by atoms with E-state index in [1.807, 2.05) is 26.0 Å². The Labute approximate surface area is 344 Å². The van der Waals surface area contributed by atoms with Crippen LogP contribution in [0.25, 0.3) is 0 Å². The number of rotatable bonds is 14. The summed E-state index contributed by atoms with van der Waals surface area (Å²) in [5, 5.41) is 0.0233.